The maximum Gasteiger partial charge on any atom is 0.251 e. The summed E-state index contributed by atoms with van der Waals surface area (Å²) in [6.45, 7) is -0.589. The topological polar surface area (TPSA) is 95.6 Å². The van der Waals surface area contributed by atoms with E-state index in [1.165, 1.54) is 0 Å². The predicted molar refractivity (Wildman–Crippen MR) is 56.3 cm³/mol. The molecule has 1 aromatic carbocycles. The molecule has 0 radical (unpaired) electrons. The Morgan fingerprint density at radius 2 is 1.80 bits per heavy atom. The van der Waals surface area contributed by atoms with E-state index in [-0.39, 0.29) is 19.1 Å². The highest BCUT2D eigenvalue weighted by molar-refractivity contribution is 5.94. The Kier molecular flexibility index (Phi) is 4.08. The number of nitrogens with one attached hydrogen (secondary N) is 1. The molecule has 1 aromatic rings. The average Bonchev–Trinajstić information content (AvgIpc) is 2.26. The van der Waals surface area contributed by atoms with E-state index < -0.39 is 6.04 Å². The van der Waals surface area contributed by atoms with Gasteiger partial charge in [-0.3, -0.25) is 4.79 Å². The molecular weight excluding hydrogens is 196 g/mol. The molecular formula is C10H14N2O3. The van der Waals surface area contributed by atoms with Crippen molar-refractivity contribution < 1.29 is 15.0 Å². The summed E-state index contributed by atoms with van der Waals surface area (Å²) in [5.74, 6) is -0.344. The highest BCUT2D eigenvalue weighted by atomic mass is 16.3. The molecule has 15 heavy (non-hydrogen) atoms. The lowest BCUT2D eigenvalue weighted by molar-refractivity contribution is 0.0879. The third-order valence-corrected chi connectivity index (χ3v) is 1.95. The third-order valence-electron chi connectivity index (χ3n) is 1.95. The van der Waals surface area contributed by atoms with Crippen molar-refractivity contribution in [1.29, 1.82) is 0 Å². The number of carbonyl (C=O) groups is 1. The van der Waals surface area contributed by atoms with Crippen molar-refractivity contribution in [3.8, 4) is 0 Å². The molecule has 0 saturated heterocycles. The molecule has 1 rings (SSSR count). The molecule has 0 saturated carbocycles. The molecule has 0 fully saturated rings. The number of anilines is 1. The summed E-state index contributed by atoms with van der Waals surface area (Å²) in [6.07, 6.45) is 0. The van der Waals surface area contributed by atoms with Crippen molar-refractivity contribution in [3.05, 3.63) is 29.8 Å². The quantitative estimate of drug-likeness (QED) is 0.497. The highest BCUT2D eigenvalue weighted by Crippen LogP contribution is 2.05. The molecule has 0 spiro atoms. The van der Waals surface area contributed by atoms with E-state index in [0.717, 1.165) is 0 Å². The second-order valence-electron chi connectivity index (χ2n) is 3.16. The van der Waals surface area contributed by atoms with Gasteiger partial charge in [0.25, 0.3) is 5.91 Å². The van der Waals surface area contributed by atoms with Gasteiger partial charge in [0, 0.05) is 11.3 Å². The normalized spacial score (nSPS) is 10.3. The minimum absolute atomic E-state index is 0.294. The first-order valence-electron chi connectivity index (χ1n) is 4.55. The van der Waals surface area contributed by atoms with Crippen LogP contribution in [0.5, 0.6) is 0 Å². The number of aliphatic hydroxyl groups is 2. The van der Waals surface area contributed by atoms with E-state index >= 15 is 0 Å². The maximum absolute atomic E-state index is 11.5. The summed E-state index contributed by atoms with van der Waals surface area (Å²) in [5, 5.41) is 20.0. The molecule has 1 amide bonds. The van der Waals surface area contributed by atoms with Crippen molar-refractivity contribution >= 4 is 11.6 Å². The van der Waals surface area contributed by atoms with Crippen molar-refractivity contribution in [1.82, 2.24) is 5.32 Å². The molecule has 0 aliphatic heterocycles. The molecule has 5 N–H and O–H groups in total. The Morgan fingerprint density at radius 3 is 2.27 bits per heavy atom. The van der Waals surface area contributed by atoms with Crippen LogP contribution in [0.3, 0.4) is 0 Å². The lowest BCUT2D eigenvalue weighted by atomic mass is 10.2. The number of hydrogen-bond donors (Lipinski definition) is 4. The van der Waals surface area contributed by atoms with Gasteiger partial charge in [0.2, 0.25) is 0 Å². The molecule has 0 atom stereocenters. The predicted octanol–water partition coefficient (Wildman–Crippen LogP) is -0.648. The number of hydrogen-bond acceptors (Lipinski definition) is 4. The fourth-order valence-electron chi connectivity index (χ4n) is 1.05. The van der Waals surface area contributed by atoms with Crippen molar-refractivity contribution in [2.24, 2.45) is 0 Å². The number of nitrogens with two attached hydrogens (primary N) is 1. The van der Waals surface area contributed by atoms with Gasteiger partial charge in [-0.05, 0) is 24.3 Å². The highest BCUT2D eigenvalue weighted by Gasteiger charge is 2.11. The van der Waals surface area contributed by atoms with Gasteiger partial charge in [-0.1, -0.05) is 0 Å². The first kappa shape index (κ1) is 11.5. The summed E-state index contributed by atoms with van der Waals surface area (Å²) in [4.78, 5) is 11.5. The second-order valence-corrected chi connectivity index (χ2v) is 3.16. The number of rotatable bonds is 4. The van der Waals surface area contributed by atoms with Gasteiger partial charge in [-0.2, -0.15) is 0 Å². The van der Waals surface area contributed by atoms with Crippen LogP contribution in [0.2, 0.25) is 0 Å². The van der Waals surface area contributed by atoms with Crippen molar-refractivity contribution in [3.63, 3.8) is 0 Å². The molecule has 0 aliphatic rings. The van der Waals surface area contributed by atoms with E-state index in [1.807, 2.05) is 0 Å². The van der Waals surface area contributed by atoms with Gasteiger partial charge in [0.15, 0.2) is 0 Å². The fraction of sp³-hybridized carbons (Fsp3) is 0.300. The Labute approximate surface area is 87.5 Å². The van der Waals surface area contributed by atoms with Crippen LogP contribution in [-0.4, -0.2) is 35.4 Å². The second kappa shape index (κ2) is 5.33. The minimum atomic E-state index is -0.630. The van der Waals surface area contributed by atoms with E-state index in [4.69, 9.17) is 15.9 Å². The van der Waals surface area contributed by atoms with Crippen LogP contribution >= 0.6 is 0 Å². The van der Waals surface area contributed by atoms with Crippen LogP contribution in [0.4, 0.5) is 5.69 Å². The number of amides is 1. The maximum atomic E-state index is 11.5. The van der Waals surface area contributed by atoms with Crippen LogP contribution in [0.25, 0.3) is 0 Å². The minimum Gasteiger partial charge on any atom is -0.399 e. The standard InChI is InChI=1S/C10H14N2O3/c11-8-3-1-7(2-4-8)10(15)12-9(5-13)6-14/h1-4,9,13-14H,5-6,11H2,(H,12,15). The zero-order chi connectivity index (χ0) is 11.3. The van der Waals surface area contributed by atoms with Gasteiger partial charge < -0.3 is 21.3 Å². The van der Waals surface area contributed by atoms with Crippen molar-refractivity contribution in [2.45, 2.75) is 6.04 Å². The first-order valence-corrected chi connectivity index (χ1v) is 4.55. The fourth-order valence-corrected chi connectivity index (χ4v) is 1.05. The summed E-state index contributed by atoms with van der Waals surface area (Å²) in [5.41, 5.74) is 6.49. The van der Waals surface area contributed by atoms with E-state index in [2.05, 4.69) is 5.32 Å². The molecule has 5 nitrogen and oxygen atoms in total. The molecule has 0 aromatic heterocycles. The molecule has 82 valence electrons. The number of aliphatic hydroxyl groups excluding tert-OH is 2. The van der Waals surface area contributed by atoms with Crippen LogP contribution < -0.4 is 11.1 Å². The van der Waals surface area contributed by atoms with E-state index in [1.54, 1.807) is 24.3 Å². The van der Waals surface area contributed by atoms with Gasteiger partial charge in [-0.15, -0.1) is 0 Å². The Hall–Kier alpha value is -1.59. The monoisotopic (exact) mass is 210 g/mol. The van der Waals surface area contributed by atoms with Gasteiger partial charge >= 0.3 is 0 Å². The molecule has 0 unspecified atom stereocenters. The summed E-state index contributed by atoms with van der Waals surface area (Å²) in [7, 11) is 0. The molecule has 0 aliphatic carbocycles. The number of benzene rings is 1. The smallest absolute Gasteiger partial charge is 0.251 e. The van der Waals surface area contributed by atoms with Crippen molar-refractivity contribution in [2.75, 3.05) is 18.9 Å². The van der Waals surface area contributed by atoms with Crippen LogP contribution in [0, 0.1) is 0 Å². The average molecular weight is 210 g/mol. The van der Waals surface area contributed by atoms with E-state index in [9.17, 15) is 4.79 Å². The van der Waals surface area contributed by atoms with Gasteiger partial charge in [0.1, 0.15) is 0 Å². The summed E-state index contributed by atoms with van der Waals surface area (Å²) >= 11 is 0. The Bertz CT molecular complexity index is 320. The number of carbonyl (C=O) groups excluding carboxylic acids is 1. The zero-order valence-electron chi connectivity index (χ0n) is 8.18. The zero-order valence-corrected chi connectivity index (χ0v) is 8.18. The summed E-state index contributed by atoms with van der Waals surface area (Å²) in [6, 6.07) is 5.76. The largest absolute Gasteiger partial charge is 0.399 e. The molecule has 0 bridgehead atoms. The van der Waals surface area contributed by atoms with Crippen LogP contribution in [0.15, 0.2) is 24.3 Å². The third kappa shape index (κ3) is 3.23. The van der Waals surface area contributed by atoms with Crippen LogP contribution in [-0.2, 0) is 0 Å². The van der Waals surface area contributed by atoms with E-state index in [0.29, 0.717) is 11.3 Å². The Morgan fingerprint density at radius 1 is 1.27 bits per heavy atom. The van der Waals surface area contributed by atoms with Gasteiger partial charge in [-0.25, -0.2) is 0 Å². The molecule has 5 heteroatoms. The lowest BCUT2D eigenvalue weighted by Gasteiger charge is -2.13. The van der Waals surface area contributed by atoms with Gasteiger partial charge in [0.05, 0.1) is 19.3 Å². The first-order chi connectivity index (χ1) is 7.17. The molecule has 0 heterocycles. The Balaban J connectivity index is 2.64. The summed E-state index contributed by atoms with van der Waals surface area (Å²) < 4.78 is 0. The lowest BCUT2D eigenvalue weighted by Crippen LogP contribution is -2.40. The van der Waals surface area contributed by atoms with Crippen LogP contribution in [0.1, 0.15) is 10.4 Å². The SMILES string of the molecule is Nc1ccc(C(=O)NC(CO)CO)cc1. The number of nitrogen functional groups attached to an aromatic ring is 1.